The molecule has 2 aromatic rings. The minimum atomic E-state index is -0.685. The lowest BCUT2D eigenvalue weighted by Crippen LogP contribution is -2.32. The second kappa shape index (κ2) is 10.9. The molecule has 7 nitrogen and oxygen atoms in total. The molecule has 1 aromatic carbocycles. The van der Waals surface area contributed by atoms with Gasteiger partial charge in [-0.05, 0) is 57.2 Å². The maximum absolute atomic E-state index is 13.0. The molecule has 3 rings (SSSR count). The summed E-state index contributed by atoms with van der Waals surface area (Å²) >= 11 is 0. The highest BCUT2D eigenvalue weighted by atomic mass is 16.5. The van der Waals surface area contributed by atoms with Gasteiger partial charge in [0.25, 0.3) is 11.7 Å². The third-order valence-electron chi connectivity index (χ3n) is 5.42. The van der Waals surface area contributed by atoms with E-state index >= 15 is 0 Å². The Morgan fingerprint density at radius 1 is 1.19 bits per heavy atom. The SMILES string of the molecule is CCCCOc1cccc(C(O)=C2C(=O)C(=O)N(CCCN(C)C)C2c2cccnc2)c1. The predicted octanol–water partition coefficient (Wildman–Crippen LogP) is 3.63. The fraction of sp³-hybridized carbons (Fsp3) is 0.400. The van der Waals surface area contributed by atoms with E-state index in [0.29, 0.717) is 36.4 Å². The summed E-state index contributed by atoms with van der Waals surface area (Å²) in [4.78, 5) is 33.7. The monoisotopic (exact) mass is 437 g/mol. The minimum Gasteiger partial charge on any atom is -0.507 e. The average molecular weight is 438 g/mol. The number of amides is 1. The Hall–Kier alpha value is -3.19. The number of aliphatic hydroxyl groups excluding tert-OH is 1. The Bertz CT molecular complexity index is 972. The molecule has 0 saturated carbocycles. The van der Waals surface area contributed by atoms with Crippen LogP contribution in [0, 0.1) is 0 Å². The molecule has 1 fully saturated rings. The Morgan fingerprint density at radius 2 is 2.00 bits per heavy atom. The highest BCUT2D eigenvalue weighted by Crippen LogP contribution is 2.39. The molecule has 1 aliphatic heterocycles. The zero-order valence-electron chi connectivity index (χ0n) is 19.0. The number of carbonyl (C=O) groups is 2. The fourth-order valence-corrected chi connectivity index (χ4v) is 3.78. The summed E-state index contributed by atoms with van der Waals surface area (Å²) < 4.78 is 5.75. The first kappa shape index (κ1) is 23.5. The topological polar surface area (TPSA) is 83.0 Å². The second-order valence-electron chi connectivity index (χ2n) is 8.17. The molecule has 0 spiro atoms. The summed E-state index contributed by atoms with van der Waals surface area (Å²) in [6, 6.07) is 9.88. The van der Waals surface area contributed by atoms with Gasteiger partial charge in [0.15, 0.2) is 0 Å². The molecule has 0 radical (unpaired) electrons. The van der Waals surface area contributed by atoms with Crippen LogP contribution in [0.2, 0.25) is 0 Å². The van der Waals surface area contributed by atoms with E-state index in [2.05, 4.69) is 11.9 Å². The molecule has 1 amide bonds. The summed E-state index contributed by atoms with van der Waals surface area (Å²) in [6.45, 7) is 3.84. The summed E-state index contributed by atoms with van der Waals surface area (Å²) in [5.41, 5.74) is 1.21. The third kappa shape index (κ3) is 5.34. The Kier molecular flexibility index (Phi) is 8.00. The van der Waals surface area contributed by atoms with Gasteiger partial charge in [-0.15, -0.1) is 0 Å². The number of aliphatic hydroxyl groups is 1. The molecule has 32 heavy (non-hydrogen) atoms. The first-order valence-electron chi connectivity index (χ1n) is 11.0. The molecule has 7 heteroatoms. The van der Waals surface area contributed by atoms with Crippen molar-refractivity contribution in [2.75, 3.05) is 33.8 Å². The largest absolute Gasteiger partial charge is 0.507 e. The van der Waals surface area contributed by atoms with E-state index in [4.69, 9.17) is 4.74 Å². The number of unbranched alkanes of at least 4 members (excludes halogenated alkanes) is 1. The number of aromatic nitrogens is 1. The molecule has 170 valence electrons. The van der Waals surface area contributed by atoms with E-state index in [0.717, 1.165) is 19.4 Å². The van der Waals surface area contributed by atoms with E-state index in [1.165, 1.54) is 4.90 Å². The molecule has 1 aliphatic rings. The van der Waals surface area contributed by atoms with E-state index < -0.39 is 17.7 Å². The molecular weight excluding hydrogens is 406 g/mol. The van der Waals surface area contributed by atoms with Gasteiger partial charge in [0.1, 0.15) is 11.5 Å². The Morgan fingerprint density at radius 3 is 2.69 bits per heavy atom. The normalized spacial score (nSPS) is 17.9. The van der Waals surface area contributed by atoms with Crippen molar-refractivity contribution >= 4 is 17.4 Å². The molecule has 1 N–H and O–H groups in total. The van der Waals surface area contributed by atoms with Crippen LogP contribution < -0.4 is 4.74 Å². The zero-order chi connectivity index (χ0) is 23.1. The Labute approximate surface area is 189 Å². The van der Waals surface area contributed by atoms with Gasteiger partial charge >= 0.3 is 0 Å². The molecule has 1 saturated heterocycles. The first-order chi connectivity index (χ1) is 15.4. The van der Waals surface area contributed by atoms with Crippen LogP contribution in [-0.4, -0.2) is 65.4 Å². The van der Waals surface area contributed by atoms with Crippen molar-refractivity contribution in [3.63, 3.8) is 0 Å². The molecular formula is C25H31N3O4. The van der Waals surface area contributed by atoms with Gasteiger partial charge in [0.05, 0.1) is 18.2 Å². The van der Waals surface area contributed by atoms with E-state index in [1.54, 1.807) is 36.7 Å². The van der Waals surface area contributed by atoms with Gasteiger partial charge in [-0.3, -0.25) is 14.6 Å². The number of benzene rings is 1. The number of Topliss-reactive ketones (excluding diaryl/α,β-unsaturated/α-hetero) is 1. The van der Waals surface area contributed by atoms with E-state index in [-0.39, 0.29) is 11.3 Å². The van der Waals surface area contributed by atoms with Gasteiger partial charge in [0, 0.05) is 24.5 Å². The number of carbonyl (C=O) groups excluding carboxylic acids is 2. The number of hydrogen-bond acceptors (Lipinski definition) is 6. The smallest absolute Gasteiger partial charge is 0.295 e. The highest BCUT2D eigenvalue weighted by Gasteiger charge is 2.45. The standard InChI is InChI=1S/C25H31N3O4/c1-4-5-15-32-20-11-6-9-18(16-20)23(29)21-22(19-10-7-12-26-17-19)28(25(31)24(21)30)14-8-13-27(2)3/h6-7,9-12,16-17,22,29H,4-5,8,13-15H2,1-3H3. The summed E-state index contributed by atoms with van der Waals surface area (Å²) in [5.74, 6) is -0.873. The van der Waals surface area contributed by atoms with Crippen molar-refractivity contribution in [1.29, 1.82) is 0 Å². The summed E-state index contributed by atoms with van der Waals surface area (Å²) in [6.07, 6.45) is 5.92. The molecule has 0 bridgehead atoms. The van der Waals surface area contributed by atoms with Crippen LogP contribution in [0.15, 0.2) is 54.4 Å². The maximum atomic E-state index is 13.0. The van der Waals surface area contributed by atoms with E-state index in [1.807, 2.05) is 31.1 Å². The number of likely N-dealkylation sites (tertiary alicyclic amines) is 1. The van der Waals surface area contributed by atoms with Crippen LogP contribution in [0.1, 0.15) is 43.4 Å². The van der Waals surface area contributed by atoms with Crippen LogP contribution in [0.3, 0.4) is 0 Å². The fourth-order valence-electron chi connectivity index (χ4n) is 3.78. The lowest BCUT2D eigenvalue weighted by Gasteiger charge is -2.25. The van der Waals surface area contributed by atoms with Crippen molar-refractivity contribution in [1.82, 2.24) is 14.8 Å². The summed E-state index contributed by atoms with van der Waals surface area (Å²) in [7, 11) is 3.92. The van der Waals surface area contributed by atoms with Gasteiger partial charge in [-0.2, -0.15) is 0 Å². The average Bonchev–Trinajstić information content (AvgIpc) is 3.04. The lowest BCUT2D eigenvalue weighted by atomic mass is 9.96. The van der Waals surface area contributed by atoms with Crippen LogP contribution in [0.4, 0.5) is 0 Å². The van der Waals surface area contributed by atoms with Crippen LogP contribution in [-0.2, 0) is 9.59 Å². The van der Waals surface area contributed by atoms with Crippen molar-refractivity contribution in [3.8, 4) is 5.75 Å². The molecule has 2 heterocycles. The van der Waals surface area contributed by atoms with Crippen molar-refractivity contribution in [3.05, 3.63) is 65.5 Å². The molecule has 1 unspecified atom stereocenters. The van der Waals surface area contributed by atoms with Crippen LogP contribution in [0.25, 0.3) is 5.76 Å². The van der Waals surface area contributed by atoms with Gasteiger partial charge in [-0.1, -0.05) is 31.5 Å². The molecule has 1 atom stereocenters. The number of nitrogens with zero attached hydrogens (tertiary/aromatic N) is 3. The molecule has 1 aromatic heterocycles. The van der Waals surface area contributed by atoms with Crippen LogP contribution in [0.5, 0.6) is 5.75 Å². The van der Waals surface area contributed by atoms with Crippen LogP contribution >= 0.6 is 0 Å². The zero-order valence-corrected chi connectivity index (χ0v) is 19.0. The quantitative estimate of drug-likeness (QED) is 0.265. The van der Waals surface area contributed by atoms with Crippen molar-refractivity contribution in [2.24, 2.45) is 0 Å². The highest BCUT2D eigenvalue weighted by molar-refractivity contribution is 6.46. The van der Waals surface area contributed by atoms with E-state index in [9.17, 15) is 14.7 Å². The third-order valence-corrected chi connectivity index (χ3v) is 5.42. The van der Waals surface area contributed by atoms with Crippen molar-refractivity contribution < 1.29 is 19.4 Å². The maximum Gasteiger partial charge on any atom is 0.295 e. The van der Waals surface area contributed by atoms with Gasteiger partial charge in [0.2, 0.25) is 0 Å². The number of ether oxygens (including phenoxy) is 1. The Balaban J connectivity index is 2.00. The second-order valence-corrected chi connectivity index (χ2v) is 8.17. The number of hydrogen-bond donors (Lipinski definition) is 1. The minimum absolute atomic E-state index is 0.0820. The molecule has 0 aliphatic carbocycles. The summed E-state index contributed by atoms with van der Waals surface area (Å²) in [5, 5.41) is 11.2. The number of ketones is 1. The predicted molar refractivity (Wildman–Crippen MR) is 123 cm³/mol. The van der Waals surface area contributed by atoms with Gasteiger partial charge in [-0.25, -0.2) is 0 Å². The lowest BCUT2D eigenvalue weighted by molar-refractivity contribution is -0.139. The van der Waals surface area contributed by atoms with Crippen molar-refractivity contribution in [2.45, 2.75) is 32.2 Å². The number of pyridine rings is 1. The number of rotatable bonds is 10. The van der Waals surface area contributed by atoms with Gasteiger partial charge < -0.3 is 19.6 Å². The first-order valence-corrected chi connectivity index (χ1v) is 11.0.